The van der Waals surface area contributed by atoms with Crippen LogP contribution in [0.1, 0.15) is 16.8 Å². The number of carbonyl (C=O) groups is 3. The van der Waals surface area contributed by atoms with Crippen LogP contribution in [-0.4, -0.2) is 23.8 Å². The molecule has 0 bridgehead atoms. The molecule has 0 saturated carbocycles. The van der Waals surface area contributed by atoms with E-state index in [1.807, 2.05) is 30.3 Å². The van der Waals surface area contributed by atoms with Crippen molar-refractivity contribution in [2.75, 3.05) is 4.90 Å². The molecule has 1 saturated heterocycles. The summed E-state index contributed by atoms with van der Waals surface area (Å²) in [6.45, 7) is 0. The molecule has 3 amide bonds. The lowest BCUT2D eigenvalue weighted by molar-refractivity contribution is -0.121. The number of para-hydroxylation sites is 1. The molecule has 1 unspecified atom stereocenters. The molecule has 1 heterocycles. The van der Waals surface area contributed by atoms with Gasteiger partial charge in [0.1, 0.15) is 17.5 Å². The number of carbonyl (C=O) groups excluding carboxylic acids is 3. The third-order valence-corrected chi connectivity index (χ3v) is 5.03. The molecule has 0 radical (unpaired) electrons. The first kappa shape index (κ1) is 20.6. The highest BCUT2D eigenvalue weighted by molar-refractivity contribution is 6.33. The number of hydrazine groups is 1. The number of nitrogens with zero attached hydrogens (tertiary/aromatic N) is 1. The normalized spacial score (nSPS) is 15.8. The maximum Gasteiger partial charge on any atom is 0.266 e. The summed E-state index contributed by atoms with van der Waals surface area (Å²) in [4.78, 5) is 38.5. The maximum absolute atomic E-state index is 12.7. The molecule has 7 nitrogen and oxygen atoms in total. The summed E-state index contributed by atoms with van der Waals surface area (Å²) in [5.41, 5.74) is 5.78. The molecule has 1 aliphatic rings. The molecule has 1 fully saturated rings. The highest BCUT2D eigenvalue weighted by Gasteiger charge is 2.39. The van der Waals surface area contributed by atoms with Gasteiger partial charge in [0.05, 0.1) is 22.7 Å². The van der Waals surface area contributed by atoms with Crippen molar-refractivity contribution in [3.8, 4) is 11.5 Å². The van der Waals surface area contributed by atoms with Crippen LogP contribution in [0, 0.1) is 0 Å². The minimum Gasteiger partial charge on any atom is -0.457 e. The van der Waals surface area contributed by atoms with Gasteiger partial charge in [-0.3, -0.25) is 19.8 Å². The van der Waals surface area contributed by atoms with E-state index >= 15 is 0 Å². The van der Waals surface area contributed by atoms with Gasteiger partial charge in [-0.25, -0.2) is 10.3 Å². The third-order valence-electron chi connectivity index (χ3n) is 4.70. The maximum atomic E-state index is 12.7. The fraction of sp³-hybridized carbons (Fsp3) is 0.0870. The van der Waals surface area contributed by atoms with E-state index < -0.39 is 17.9 Å². The second-order valence-corrected chi connectivity index (χ2v) is 7.22. The molecule has 3 aromatic carbocycles. The van der Waals surface area contributed by atoms with Crippen LogP contribution in [-0.2, 0) is 9.59 Å². The van der Waals surface area contributed by atoms with Crippen LogP contribution >= 0.6 is 11.6 Å². The Labute approximate surface area is 183 Å². The molecule has 2 N–H and O–H groups in total. The fourth-order valence-electron chi connectivity index (χ4n) is 3.17. The number of imide groups is 1. The van der Waals surface area contributed by atoms with Gasteiger partial charge in [0.15, 0.2) is 0 Å². The Kier molecular flexibility index (Phi) is 5.97. The zero-order chi connectivity index (χ0) is 21.8. The Morgan fingerprint density at radius 2 is 1.55 bits per heavy atom. The molecule has 1 aliphatic heterocycles. The first-order valence-corrected chi connectivity index (χ1v) is 9.91. The average molecular weight is 436 g/mol. The molecule has 156 valence electrons. The molecule has 3 aromatic rings. The summed E-state index contributed by atoms with van der Waals surface area (Å²) in [5, 5.41) is 0.287. The summed E-state index contributed by atoms with van der Waals surface area (Å²) in [7, 11) is 0. The summed E-state index contributed by atoms with van der Waals surface area (Å²) in [6.07, 6.45) is -0.0795. The molecule has 0 aromatic heterocycles. The zero-order valence-electron chi connectivity index (χ0n) is 16.2. The van der Waals surface area contributed by atoms with E-state index in [-0.39, 0.29) is 22.9 Å². The highest BCUT2D eigenvalue weighted by Crippen LogP contribution is 2.27. The van der Waals surface area contributed by atoms with Crippen molar-refractivity contribution in [2.24, 2.45) is 0 Å². The monoisotopic (exact) mass is 435 g/mol. The minimum atomic E-state index is -0.876. The highest BCUT2D eigenvalue weighted by atomic mass is 35.5. The van der Waals surface area contributed by atoms with E-state index in [0.717, 1.165) is 4.90 Å². The molecular weight excluding hydrogens is 418 g/mol. The summed E-state index contributed by atoms with van der Waals surface area (Å²) < 4.78 is 5.73. The van der Waals surface area contributed by atoms with Crippen LogP contribution in [0.4, 0.5) is 5.69 Å². The van der Waals surface area contributed by atoms with Crippen LogP contribution in [0.15, 0.2) is 78.9 Å². The lowest BCUT2D eigenvalue weighted by Gasteiger charge is -2.16. The van der Waals surface area contributed by atoms with Gasteiger partial charge in [-0.2, -0.15) is 0 Å². The Morgan fingerprint density at radius 3 is 2.26 bits per heavy atom. The Morgan fingerprint density at radius 1 is 0.903 bits per heavy atom. The van der Waals surface area contributed by atoms with Crippen LogP contribution in [0.25, 0.3) is 0 Å². The van der Waals surface area contributed by atoms with Gasteiger partial charge in [0.25, 0.3) is 11.8 Å². The number of rotatable bonds is 6. The van der Waals surface area contributed by atoms with E-state index in [2.05, 4.69) is 10.9 Å². The van der Waals surface area contributed by atoms with Gasteiger partial charge in [-0.1, -0.05) is 41.9 Å². The lowest BCUT2D eigenvalue weighted by atomic mass is 10.2. The molecule has 0 spiro atoms. The van der Waals surface area contributed by atoms with Crippen molar-refractivity contribution in [2.45, 2.75) is 12.5 Å². The average Bonchev–Trinajstić information content (AvgIpc) is 3.07. The topological polar surface area (TPSA) is 87.7 Å². The number of nitrogens with one attached hydrogen (secondary N) is 2. The standard InChI is InChI=1S/C23H18ClN3O4/c24-19-9-5-4-8-18(19)22(29)26-25-20-14-21(28)27(23(20)30)15-10-12-17(13-11-15)31-16-6-2-1-3-7-16/h1-13,20,25H,14H2,(H,26,29). The SMILES string of the molecule is O=C(NNC1CC(=O)N(c2ccc(Oc3ccccc3)cc2)C1=O)c1ccccc1Cl. The largest absolute Gasteiger partial charge is 0.457 e. The molecule has 1 atom stereocenters. The molecule has 0 aliphatic carbocycles. The van der Waals surface area contributed by atoms with Gasteiger partial charge < -0.3 is 4.74 Å². The molecule has 8 heteroatoms. The van der Waals surface area contributed by atoms with Gasteiger partial charge in [-0.15, -0.1) is 0 Å². The number of ether oxygens (including phenoxy) is 1. The van der Waals surface area contributed by atoms with Crippen molar-refractivity contribution in [1.29, 1.82) is 0 Å². The van der Waals surface area contributed by atoms with Crippen molar-refractivity contribution < 1.29 is 19.1 Å². The van der Waals surface area contributed by atoms with Gasteiger partial charge in [0.2, 0.25) is 5.91 Å². The molecule has 4 rings (SSSR count). The van der Waals surface area contributed by atoms with E-state index in [4.69, 9.17) is 16.3 Å². The Balaban J connectivity index is 1.40. The van der Waals surface area contributed by atoms with Crippen molar-refractivity contribution in [1.82, 2.24) is 10.9 Å². The second-order valence-electron chi connectivity index (χ2n) is 6.81. The van der Waals surface area contributed by atoms with Crippen LogP contribution in [0.5, 0.6) is 11.5 Å². The van der Waals surface area contributed by atoms with Crippen molar-refractivity contribution >= 4 is 35.0 Å². The van der Waals surface area contributed by atoms with Gasteiger partial charge in [0, 0.05) is 0 Å². The smallest absolute Gasteiger partial charge is 0.266 e. The van der Waals surface area contributed by atoms with E-state index in [9.17, 15) is 14.4 Å². The third kappa shape index (κ3) is 4.58. The molecule has 31 heavy (non-hydrogen) atoms. The summed E-state index contributed by atoms with van der Waals surface area (Å²) in [5.74, 6) is -0.0584. The number of halogens is 1. The van der Waals surface area contributed by atoms with Crippen molar-refractivity contribution in [3.63, 3.8) is 0 Å². The Hall–Kier alpha value is -3.68. The number of anilines is 1. The summed E-state index contributed by atoms with van der Waals surface area (Å²) >= 11 is 6.01. The Bertz CT molecular complexity index is 1120. The second kappa shape index (κ2) is 8.99. The van der Waals surface area contributed by atoms with Crippen LogP contribution in [0.3, 0.4) is 0 Å². The van der Waals surface area contributed by atoms with Crippen LogP contribution < -0.4 is 20.5 Å². The lowest BCUT2D eigenvalue weighted by Crippen LogP contribution is -2.48. The number of hydrogen-bond acceptors (Lipinski definition) is 5. The predicted octanol–water partition coefficient (Wildman–Crippen LogP) is 3.70. The zero-order valence-corrected chi connectivity index (χ0v) is 17.0. The number of hydrogen-bond donors (Lipinski definition) is 2. The van der Waals surface area contributed by atoms with Gasteiger partial charge in [-0.05, 0) is 48.5 Å². The fourth-order valence-corrected chi connectivity index (χ4v) is 3.39. The first-order valence-electron chi connectivity index (χ1n) is 9.53. The summed E-state index contributed by atoms with van der Waals surface area (Å²) in [6, 6.07) is 21.6. The predicted molar refractivity (Wildman–Crippen MR) is 116 cm³/mol. The van der Waals surface area contributed by atoms with E-state index in [1.54, 1.807) is 48.5 Å². The van der Waals surface area contributed by atoms with Gasteiger partial charge >= 0.3 is 0 Å². The van der Waals surface area contributed by atoms with Crippen LogP contribution in [0.2, 0.25) is 5.02 Å². The quantitative estimate of drug-likeness (QED) is 0.455. The number of amides is 3. The number of benzene rings is 3. The molecular formula is C23H18ClN3O4. The van der Waals surface area contributed by atoms with E-state index in [0.29, 0.717) is 17.2 Å². The van der Waals surface area contributed by atoms with E-state index in [1.165, 1.54) is 0 Å². The first-order chi connectivity index (χ1) is 15.0. The van der Waals surface area contributed by atoms with Crippen molar-refractivity contribution in [3.05, 3.63) is 89.4 Å². The minimum absolute atomic E-state index is 0.0795.